The molecule has 1 fully saturated rings. The molecule has 0 bridgehead atoms. The topological polar surface area (TPSA) is 67.4 Å². The first kappa shape index (κ1) is 15.0. The van der Waals surface area contributed by atoms with Crippen LogP contribution < -0.4 is 5.73 Å². The Labute approximate surface area is 120 Å². The van der Waals surface area contributed by atoms with Gasteiger partial charge in [-0.1, -0.05) is 0 Å². The predicted molar refractivity (Wildman–Crippen MR) is 78.1 cm³/mol. The normalized spacial score (nSPS) is 22.1. The molecule has 2 rings (SSSR count). The van der Waals surface area contributed by atoms with Crippen LogP contribution in [0, 0.1) is 5.92 Å². The Kier molecular flexibility index (Phi) is 4.77. The molecule has 0 spiro atoms. The van der Waals surface area contributed by atoms with Gasteiger partial charge in [0.05, 0.1) is 11.6 Å². The summed E-state index contributed by atoms with van der Waals surface area (Å²) in [6.07, 6.45) is 1.84. The SMILES string of the molecule is CC(C)n1nccc1CN1CCN(C)C[C@H](C(N)=O)C1. The second-order valence-electron chi connectivity index (χ2n) is 5.96. The lowest BCUT2D eigenvalue weighted by Gasteiger charge is -2.23. The van der Waals surface area contributed by atoms with Gasteiger partial charge in [-0.25, -0.2) is 0 Å². The number of carbonyl (C=O) groups is 1. The molecule has 0 saturated carbocycles. The minimum absolute atomic E-state index is 0.0991. The minimum Gasteiger partial charge on any atom is -0.369 e. The molecule has 2 heterocycles. The van der Waals surface area contributed by atoms with Crippen molar-refractivity contribution >= 4 is 5.91 Å². The molecular formula is C14H25N5O. The molecule has 112 valence electrons. The minimum atomic E-state index is -0.207. The van der Waals surface area contributed by atoms with Gasteiger partial charge in [0, 0.05) is 45.0 Å². The summed E-state index contributed by atoms with van der Waals surface area (Å²) < 4.78 is 2.04. The van der Waals surface area contributed by atoms with Crippen molar-refractivity contribution in [2.45, 2.75) is 26.4 Å². The first-order valence-electron chi connectivity index (χ1n) is 7.20. The van der Waals surface area contributed by atoms with Crippen molar-refractivity contribution in [2.75, 3.05) is 33.2 Å². The molecule has 1 aromatic heterocycles. The van der Waals surface area contributed by atoms with Crippen LogP contribution in [-0.2, 0) is 11.3 Å². The van der Waals surface area contributed by atoms with Gasteiger partial charge in [-0.3, -0.25) is 14.4 Å². The number of rotatable bonds is 4. The van der Waals surface area contributed by atoms with E-state index in [2.05, 4.69) is 28.7 Å². The van der Waals surface area contributed by atoms with Crippen LogP contribution in [0.5, 0.6) is 0 Å². The summed E-state index contributed by atoms with van der Waals surface area (Å²) in [6.45, 7) is 8.44. The highest BCUT2D eigenvalue weighted by Crippen LogP contribution is 2.14. The van der Waals surface area contributed by atoms with Crippen LogP contribution in [-0.4, -0.2) is 58.7 Å². The summed E-state index contributed by atoms with van der Waals surface area (Å²) in [7, 11) is 2.04. The summed E-state index contributed by atoms with van der Waals surface area (Å²) >= 11 is 0. The van der Waals surface area contributed by atoms with Crippen molar-refractivity contribution in [3.63, 3.8) is 0 Å². The number of nitrogens with two attached hydrogens (primary N) is 1. The van der Waals surface area contributed by atoms with Gasteiger partial charge in [-0.15, -0.1) is 0 Å². The highest BCUT2D eigenvalue weighted by molar-refractivity contribution is 5.77. The summed E-state index contributed by atoms with van der Waals surface area (Å²) in [5, 5.41) is 4.36. The number of amides is 1. The lowest BCUT2D eigenvalue weighted by Crippen LogP contribution is -2.37. The van der Waals surface area contributed by atoms with E-state index >= 15 is 0 Å². The van der Waals surface area contributed by atoms with Gasteiger partial charge in [0.1, 0.15) is 0 Å². The lowest BCUT2D eigenvalue weighted by molar-refractivity contribution is -0.122. The molecule has 0 aromatic carbocycles. The van der Waals surface area contributed by atoms with Crippen molar-refractivity contribution in [2.24, 2.45) is 11.7 Å². The third-order valence-electron chi connectivity index (χ3n) is 3.84. The largest absolute Gasteiger partial charge is 0.369 e. The van der Waals surface area contributed by atoms with Gasteiger partial charge >= 0.3 is 0 Å². The molecule has 0 radical (unpaired) electrons. The molecular weight excluding hydrogens is 254 g/mol. The Morgan fingerprint density at radius 3 is 2.85 bits per heavy atom. The van der Waals surface area contributed by atoms with E-state index in [4.69, 9.17) is 5.73 Å². The van der Waals surface area contributed by atoms with E-state index in [0.29, 0.717) is 6.04 Å². The number of carbonyl (C=O) groups excluding carboxylic acids is 1. The zero-order valence-corrected chi connectivity index (χ0v) is 12.6. The fourth-order valence-corrected chi connectivity index (χ4v) is 2.72. The Morgan fingerprint density at radius 1 is 1.45 bits per heavy atom. The van der Waals surface area contributed by atoms with E-state index in [0.717, 1.165) is 32.7 Å². The first-order chi connectivity index (χ1) is 9.47. The molecule has 0 unspecified atom stereocenters. The van der Waals surface area contributed by atoms with E-state index in [1.165, 1.54) is 5.69 Å². The highest BCUT2D eigenvalue weighted by atomic mass is 16.1. The standard InChI is InChI=1S/C14H25N5O/c1-11(2)19-13(4-5-16-19)10-18-7-6-17(3)8-12(9-18)14(15)20/h4-5,11-12H,6-10H2,1-3H3,(H2,15,20)/t12-/m0/s1. The monoisotopic (exact) mass is 279 g/mol. The summed E-state index contributed by atoms with van der Waals surface area (Å²) in [5.74, 6) is -0.306. The molecule has 6 nitrogen and oxygen atoms in total. The number of aromatic nitrogens is 2. The molecule has 6 heteroatoms. The number of nitrogens with zero attached hydrogens (tertiary/aromatic N) is 4. The number of hydrogen-bond donors (Lipinski definition) is 1. The molecule has 0 aliphatic carbocycles. The predicted octanol–water partition coefficient (Wildman–Crippen LogP) is 0.313. The van der Waals surface area contributed by atoms with E-state index in [1.54, 1.807) is 0 Å². The van der Waals surface area contributed by atoms with Gasteiger partial charge in [0.2, 0.25) is 5.91 Å². The number of primary amides is 1. The maximum atomic E-state index is 11.5. The zero-order valence-electron chi connectivity index (χ0n) is 12.6. The number of likely N-dealkylation sites (N-methyl/N-ethyl adjacent to an activating group) is 1. The molecule has 1 aromatic rings. The van der Waals surface area contributed by atoms with Crippen molar-refractivity contribution < 1.29 is 4.79 Å². The maximum Gasteiger partial charge on any atom is 0.223 e. The van der Waals surface area contributed by atoms with Crippen LogP contribution in [0.15, 0.2) is 12.3 Å². The van der Waals surface area contributed by atoms with E-state index in [9.17, 15) is 4.79 Å². The van der Waals surface area contributed by atoms with Gasteiger partial charge in [-0.2, -0.15) is 5.10 Å². The van der Waals surface area contributed by atoms with Crippen LogP contribution in [0.1, 0.15) is 25.6 Å². The highest BCUT2D eigenvalue weighted by Gasteiger charge is 2.25. The Balaban J connectivity index is 2.07. The van der Waals surface area contributed by atoms with Gasteiger partial charge < -0.3 is 10.6 Å². The van der Waals surface area contributed by atoms with Crippen molar-refractivity contribution in [3.05, 3.63) is 18.0 Å². The van der Waals surface area contributed by atoms with Crippen molar-refractivity contribution in [3.8, 4) is 0 Å². The van der Waals surface area contributed by atoms with E-state index < -0.39 is 0 Å². The molecule has 1 aliphatic rings. The molecule has 1 atom stereocenters. The quantitative estimate of drug-likeness (QED) is 0.861. The molecule has 1 amide bonds. The van der Waals surface area contributed by atoms with E-state index in [-0.39, 0.29) is 11.8 Å². The molecule has 20 heavy (non-hydrogen) atoms. The van der Waals surface area contributed by atoms with Crippen LogP contribution in [0.4, 0.5) is 0 Å². The first-order valence-corrected chi connectivity index (χ1v) is 7.20. The molecule has 1 saturated heterocycles. The van der Waals surface area contributed by atoms with Crippen molar-refractivity contribution in [1.82, 2.24) is 19.6 Å². The second kappa shape index (κ2) is 6.37. The molecule has 1 aliphatic heterocycles. The summed E-state index contributed by atoms with van der Waals surface area (Å²) in [6, 6.07) is 2.40. The smallest absolute Gasteiger partial charge is 0.223 e. The van der Waals surface area contributed by atoms with Crippen LogP contribution in [0.25, 0.3) is 0 Å². The Bertz CT molecular complexity index is 456. The fraction of sp³-hybridized carbons (Fsp3) is 0.714. The van der Waals surface area contributed by atoms with E-state index in [1.807, 2.05) is 24.0 Å². The third kappa shape index (κ3) is 3.58. The number of hydrogen-bond acceptors (Lipinski definition) is 4. The third-order valence-corrected chi connectivity index (χ3v) is 3.84. The van der Waals surface area contributed by atoms with Crippen LogP contribution >= 0.6 is 0 Å². The Hall–Kier alpha value is -1.40. The maximum absolute atomic E-state index is 11.5. The summed E-state index contributed by atoms with van der Waals surface area (Å²) in [4.78, 5) is 16.0. The van der Waals surface area contributed by atoms with Crippen LogP contribution in [0.2, 0.25) is 0 Å². The average molecular weight is 279 g/mol. The lowest BCUT2D eigenvalue weighted by atomic mass is 10.1. The summed E-state index contributed by atoms with van der Waals surface area (Å²) in [5.41, 5.74) is 6.69. The zero-order chi connectivity index (χ0) is 14.7. The van der Waals surface area contributed by atoms with Crippen LogP contribution in [0.3, 0.4) is 0 Å². The van der Waals surface area contributed by atoms with Gasteiger partial charge in [0.25, 0.3) is 0 Å². The Morgan fingerprint density at radius 2 is 2.20 bits per heavy atom. The van der Waals surface area contributed by atoms with Gasteiger partial charge in [-0.05, 0) is 27.0 Å². The van der Waals surface area contributed by atoms with Gasteiger partial charge in [0.15, 0.2) is 0 Å². The fourth-order valence-electron chi connectivity index (χ4n) is 2.72. The van der Waals surface area contributed by atoms with Crippen molar-refractivity contribution in [1.29, 1.82) is 0 Å². The molecule has 2 N–H and O–H groups in total. The second-order valence-corrected chi connectivity index (χ2v) is 5.96. The average Bonchev–Trinajstić information content (AvgIpc) is 2.74.